The standard InChI is InChI=1S/C45H42BN3/c1-31-22-37(28-47-40-16-10-7-11-17-40)23-32(2)43(31)46(44-33(3)24-38(25-34(44)4)29-48-41-18-12-8-13-19-41)45-35(5)26-39(27-36(45)6)30-49-42-20-14-9-15-21-42/h7-30H,1-6H3. The number of para-hydroxylation sites is 3. The lowest BCUT2D eigenvalue weighted by Gasteiger charge is -2.27. The van der Waals surface area contributed by atoms with Crippen LogP contribution in [0.15, 0.2) is 142 Å². The minimum absolute atomic E-state index is 0.0420. The topological polar surface area (TPSA) is 37.1 Å². The van der Waals surface area contributed by atoms with Crippen LogP contribution in [0.4, 0.5) is 17.1 Å². The van der Waals surface area contributed by atoms with Crippen LogP contribution in [0.5, 0.6) is 0 Å². The number of aliphatic imine (C=N–C) groups is 3. The number of benzene rings is 6. The molecule has 6 aromatic rings. The molecule has 240 valence electrons. The van der Waals surface area contributed by atoms with E-state index in [0.717, 1.165) is 33.8 Å². The monoisotopic (exact) mass is 635 g/mol. The molecule has 0 unspecified atom stereocenters. The molecule has 0 aliphatic heterocycles. The van der Waals surface area contributed by atoms with Crippen LogP contribution in [0.1, 0.15) is 50.1 Å². The summed E-state index contributed by atoms with van der Waals surface area (Å²) in [6, 6.07) is 44.0. The molecule has 6 rings (SSSR count). The molecular weight excluding hydrogens is 593 g/mol. The van der Waals surface area contributed by atoms with Gasteiger partial charge in [0.05, 0.1) is 17.1 Å². The van der Waals surface area contributed by atoms with Gasteiger partial charge in [-0.2, -0.15) is 0 Å². The summed E-state index contributed by atoms with van der Waals surface area (Å²) in [6.07, 6.45) is 5.93. The minimum atomic E-state index is 0.0420. The van der Waals surface area contributed by atoms with Crippen molar-refractivity contribution in [2.75, 3.05) is 0 Å². The van der Waals surface area contributed by atoms with Crippen LogP contribution < -0.4 is 16.4 Å². The van der Waals surface area contributed by atoms with Gasteiger partial charge in [0.25, 0.3) is 0 Å². The van der Waals surface area contributed by atoms with Gasteiger partial charge in [-0.05, 0) is 94.6 Å². The van der Waals surface area contributed by atoms with Crippen molar-refractivity contribution in [3.63, 3.8) is 0 Å². The van der Waals surface area contributed by atoms with Crippen molar-refractivity contribution in [2.45, 2.75) is 41.5 Å². The van der Waals surface area contributed by atoms with Gasteiger partial charge in [0.2, 0.25) is 6.71 Å². The van der Waals surface area contributed by atoms with E-state index in [2.05, 4.69) is 77.9 Å². The number of nitrogens with zero attached hydrogens (tertiary/aromatic N) is 3. The zero-order valence-corrected chi connectivity index (χ0v) is 29.3. The Balaban J connectivity index is 1.47. The molecule has 0 saturated heterocycles. The van der Waals surface area contributed by atoms with Crippen LogP contribution >= 0.6 is 0 Å². The maximum absolute atomic E-state index is 4.75. The Morgan fingerprint density at radius 3 is 0.796 bits per heavy atom. The average molecular weight is 636 g/mol. The number of hydrogen-bond donors (Lipinski definition) is 0. The molecule has 0 radical (unpaired) electrons. The van der Waals surface area contributed by atoms with Crippen molar-refractivity contribution in [1.29, 1.82) is 0 Å². The maximum Gasteiger partial charge on any atom is 0.243 e. The molecule has 49 heavy (non-hydrogen) atoms. The third-order valence-electron chi connectivity index (χ3n) is 9.07. The van der Waals surface area contributed by atoms with Gasteiger partial charge in [-0.1, -0.05) is 141 Å². The van der Waals surface area contributed by atoms with Crippen molar-refractivity contribution in [3.8, 4) is 0 Å². The fourth-order valence-corrected chi connectivity index (χ4v) is 7.04. The van der Waals surface area contributed by atoms with Crippen molar-refractivity contribution in [1.82, 2.24) is 0 Å². The van der Waals surface area contributed by atoms with Crippen LogP contribution in [0.3, 0.4) is 0 Å². The van der Waals surface area contributed by atoms with Crippen molar-refractivity contribution < 1.29 is 0 Å². The first-order chi connectivity index (χ1) is 23.8. The Hall–Kier alpha value is -5.61. The molecule has 0 amide bonds. The zero-order valence-electron chi connectivity index (χ0n) is 29.3. The van der Waals surface area contributed by atoms with E-state index in [1.807, 2.05) is 110 Å². The van der Waals surface area contributed by atoms with E-state index < -0.39 is 0 Å². The molecule has 3 nitrogen and oxygen atoms in total. The first kappa shape index (κ1) is 33.3. The van der Waals surface area contributed by atoms with E-state index in [1.54, 1.807) is 0 Å². The van der Waals surface area contributed by atoms with E-state index in [9.17, 15) is 0 Å². The fraction of sp³-hybridized carbons (Fsp3) is 0.133. The van der Waals surface area contributed by atoms with Gasteiger partial charge in [0.15, 0.2) is 0 Å². The highest BCUT2D eigenvalue weighted by Crippen LogP contribution is 2.18. The van der Waals surface area contributed by atoms with Crippen LogP contribution in [0, 0.1) is 41.5 Å². The highest BCUT2D eigenvalue weighted by Gasteiger charge is 2.31. The molecule has 0 bridgehead atoms. The van der Waals surface area contributed by atoms with Crippen molar-refractivity contribution in [3.05, 3.63) is 177 Å². The largest absolute Gasteiger partial charge is 0.256 e. The summed E-state index contributed by atoms with van der Waals surface area (Å²) in [7, 11) is 0. The van der Waals surface area contributed by atoms with Crippen LogP contribution in [-0.2, 0) is 0 Å². The normalized spacial score (nSPS) is 11.6. The molecule has 4 heteroatoms. The minimum Gasteiger partial charge on any atom is -0.256 e. The number of aryl methyl sites for hydroxylation is 6. The Morgan fingerprint density at radius 2 is 0.571 bits per heavy atom. The van der Waals surface area contributed by atoms with E-state index in [0.29, 0.717) is 0 Å². The summed E-state index contributed by atoms with van der Waals surface area (Å²) >= 11 is 0. The van der Waals surface area contributed by atoms with Gasteiger partial charge >= 0.3 is 0 Å². The lowest BCUT2D eigenvalue weighted by atomic mass is 9.33. The van der Waals surface area contributed by atoms with E-state index in [1.165, 1.54) is 49.8 Å². The van der Waals surface area contributed by atoms with Gasteiger partial charge in [-0.3, -0.25) is 15.0 Å². The van der Waals surface area contributed by atoms with E-state index in [4.69, 9.17) is 15.0 Å². The summed E-state index contributed by atoms with van der Waals surface area (Å²) in [4.78, 5) is 14.3. The third kappa shape index (κ3) is 7.93. The summed E-state index contributed by atoms with van der Waals surface area (Å²) in [5, 5.41) is 0. The third-order valence-corrected chi connectivity index (χ3v) is 9.07. The lowest BCUT2D eigenvalue weighted by molar-refractivity contribution is 1.37. The SMILES string of the molecule is Cc1cc(C=Nc2ccccc2)cc(C)c1B(c1c(C)cc(C=Nc2ccccc2)cc1C)c1c(C)cc(C=Nc2ccccc2)cc1C. The quantitative estimate of drug-likeness (QED) is 0.112. The van der Waals surface area contributed by atoms with Gasteiger partial charge in [-0.25, -0.2) is 0 Å². The molecule has 0 aliphatic carbocycles. The fourth-order valence-electron chi connectivity index (χ4n) is 7.04. The van der Waals surface area contributed by atoms with E-state index in [-0.39, 0.29) is 6.71 Å². The average Bonchev–Trinajstić information content (AvgIpc) is 3.09. The van der Waals surface area contributed by atoms with Gasteiger partial charge in [-0.15, -0.1) is 0 Å². The summed E-state index contributed by atoms with van der Waals surface area (Å²) in [5.74, 6) is 0. The second kappa shape index (κ2) is 15.1. The van der Waals surface area contributed by atoms with Gasteiger partial charge in [0, 0.05) is 18.6 Å². The van der Waals surface area contributed by atoms with E-state index >= 15 is 0 Å². The summed E-state index contributed by atoms with van der Waals surface area (Å²) in [6.45, 7) is 13.5. The summed E-state index contributed by atoms with van der Waals surface area (Å²) in [5.41, 5.74) is 17.7. The van der Waals surface area contributed by atoms with Crippen LogP contribution in [-0.4, -0.2) is 25.4 Å². The molecule has 0 spiro atoms. The molecule has 0 aliphatic rings. The number of hydrogen-bond acceptors (Lipinski definition) is 3. The molecule has 6 aromatic carbocycles. The molecule has 0 aromatic heterocycles. The Kier molecular flexibility index (Phi) is 10.3. The van der Waals surface area contributed by atoms with Crippen LogP contribution in [0.2, 0.25) is 0 Å². The molecule has 0 atom stereocenters. The van der Waals surface area contributed by atoms with Gasteiger partial charge in [0.1, 0.15) is 0 Å². The predicted octanol–water partition coefficient (Wildman–Crippen LogP) is 9.31. The second-order valence-corrected chi connectivity index (χ2v) is 12.9. The molecule has 0 saturated carbocycles. The zero-order chi connectivity index (χ0) is 34.3. The Morgan fingerprint density at radius 1 is 0.347 bits per heavy atom. The van der Waals surface area contributed by atoms with Crippen molar-refractivity contribution in [2.24, 2.45) is 15.0 Å². The second-order valence-electron chi connectivity index (χ2n) is 12.9. The predicted molar refractivity (Wildman–Crippen MR) is 213 cm³/mol. The highest BCUT2D eigenvalue weighted by atomic mass is 14.7. The first-order valence-corrected chi connectivity index (χ1v) is 16.9. The Bertz CT molecular complexity index is 1850. The summed E-state index contributed by atoms with van der Waals surface area (Å²) < 4.78 is 0. The molecular formula is C45H42BN3. The highest BCUT2D eigenvalue weighted by molar-refractivity contribution is 6.97. The molecule has 0 fully saturated rings. The Labute approximate surface area is 292 Å². The first-order valence-electron chi connectivity index (χ1n) is 16.9. The van der Waals surface area contributed by atoms with Gasteiger partial charge < -0.3 is 0 Å². The number of rotatable bonds is 9. The molecule has 0 heterocycles. The van der Waals surface area contributed by atoms with Crippen LogP contribution in [0.25, 0.3) is 0 Å². The maximum atomic E-state index is 4.75. The molecule has 0 N–H and O–H groups in total. The lowest BCUT2D eigenvalue weighted by Crippen LogP contribution is -2.57. The van der Waals surface area contributed by atoms with Crippen molar-refractivity contribution >= 4 is 58.8 Å². The smallest absolute Gasteiger partial charge is 0.243 e.